The maximum absolute atomic E-state index is 7.06. The quantitative estimate of drug-likeness (QED) is 0.0617. The first kappa shape index (κ1) is 89.5. The standard InChI is InChI=1S/C72H51BN4O.C66H46BN3O/c1-8-24-52(25-9-1)54-28-22-38-60(46-54)76-68-48-62(74(56-30-12-3-13-31-56)57-32-14-4-15-33-57)42-44-66(68)73-67-45-43-63(75(58-34-16-5-17-35-58)59-36-18-6-19-37-59)49-69(67)77(61-39-23-29-55(47-61)53-26-10-2-11-27-53)71-51-65(50-70(76)72(71)73)78-64-40-20-7-21-41-64;1-7-21-47(22-8-1)50-27-19-33-55(41-50)69-62-43-52(49-25-11-3-12-26-49)37-39-60(62)67-61-40-38-57(68(53-29-13-4-14-30-53)54-31-15-5-16-32-54)44-63(61)70(56-34-20-28-51(42-56)48-23-9-2-10-24-48)65-46-59(45-64(69)66(65)67)71-58-35-17-6-18-36-58/h1-51H;1-46H. The Morgan fingerprint density at radius 3 is 0.564 bits per heavy atom. The Kier molecular flexibility index (Phi) is 23.8. The van der Waals surface area contributed by atoms with Gasteiger partial charge in [-0.05, 0) is 276 Å². The van der Waals surface area contributed by atoms with Crippen LogP contribution in [0.3, 0.4) is 0 Å². The van der Waals surface area contributed by atoms with Crippen molar-refractivity contribution in [3.63, 3.8) is 0 Å². The van der Waals surface area contributed by atoms with E-state index in [0.717, 1.165) is 187 Å². The van der Waals surface area contributed by atoms with E-state index in [1.807, 2.05) is 60.7 Å². The van der Waals surface area contributed by atoms with Gasteiger partial charge >= 0.3 is 0 Å². The van der Waals surface area contributed by atoms with E-state index in [4.69, 9.17) is 9.47 Å². The molecule has 0 spiro atoms. The Hall–Kier alpha value is -19.6. The number of hydrogen-bond acceptors (Lipinski definition) is 9. The van der Waals surface area contributed by atoms with Crippen molar-refractivity contribution in [2.45, 2.75) is 0 Å². The lowest BCUT2D eigenvalue weighted by atomic mass is 9.33. The second-order valence-corrected chi connectivity index (χ2v) is 37.8. The molecule has 0 aliphatic carbocycles. The Morgan fingerprint density at radius 1 is 0.134 bits per heavy atom. The molecule has 23 aromatic rings. The molecule has 0 unspecified atom stereocenters. The minimum Gasteiger partial charge on any atom is -0.457 e. The molecule has 149 heavy (non-hydrogen) atoms. The molecule has 27 rings (SSSR count). The summed E-state index contributed by atoms with van der Waals surface area (Å²) in [6.45, 7) is -0.307. The third-order valence-electron chi connectivity index (χ3n) is 28.8. The molecule has 0 aromatic heterocycles. The van der Waals surface area contributed by atoms with E-state index in [0.29, 0.717) is 0 Å². The van der Waals surface area contributed by atoms with Gasteiger partial charge in [0.05, 0.1) is 0 Å². The molecule has 0 N–H and O–H groups in total. The molecular weight excluding hydrogens is 1810 g/mol. The zero-order valence-electron chi connectivity index (χ0n) is 81.6. The van der Waals surface area contributed by atoms with Gasteiger partial charge in [0.15, 0.2) is 0 Å². The minimum absolute atomic E-state index is 0.126. The molecule has 0 radical (unpaired) electrons. The zero-order valence-corrected chi connectivity index (χ0v) is 81.6. The maximum Gasteiger partial charge on any atom is 0.252 e. The van der Waals surface area contributed by atoms with Gasteiger partial charge in [-0.3, -0.25) is 0 Å². The van der Waals surface area contributed by atoms with Crippen LogP contribution in [0.5, 0.6) is 23.0 Å². The molecule has 11 heteroatoms. The monoisotopic (exact) mass is 1910 g/mol. The highest BCUT2D eigenvalue weighted by molar-refractivity contribution is 7.01. The summed E-state index contributed by atoms with van der Waals surface area (Å²) in [5, 5.41) is 0. The number of benzene rings is 23. The molecule has 0 fully saturated rings. The van der Waals surface area contributed by atoms with E-state index in [9.17, 15) is 0 Å². The van der Waals surface area contributed by atoms with Crippen LogP contribution >= 0.6 is 0 Å². The molecule has 4 aliphatic rings. The molecule has 0 saturated carbocycles. The minimum atomic E-state index is -0.181. The first-order chi connectivity index (χ1) is 73.9. The van der Waals surface area contributed by atoms with Crippen molar-refractivity contribution >= 4 is 166 Å². The van der Waals surface area contributed by atoms with E-state index < -0.39 is 0 Å². The van der Waals surface area contributed by atoms with E-state index in [2.05, 4.69) is 562 Å². The maximum atomic E-state index is 7.06. The zero-order chi connectivity index (χ0) is 98.9. The summed E-state index contributed by atoms with van der Waals surface area (Å²) in [4.78, 5) is 17.0. The van der Waals surface area contributed by atoms with Crippen LogP contribution in [0.1, 0.15) is 0 Å². The smallest absolute Gasteiger partial charge is 0.252 e. The number of para-hydroxylation sites is 8. The van der Waals surface area contributed by atoms with Crippen molar-refractivity contribution in [1.82, 2.24) is 0 Å². The Bertz CT molecular complexity index is 8430. The fourth-order valence-electron chi connectivity index (χ4n) is 22.2. The molecule has 9 nitrogen and oxygen atoms in total. The summed E-state index contributed by atoms with van der Waals surface area (Å²) in [6, 6.07) is 211. The number of anilines is 21. The molecule has 23 aromatic carbocycles. The first-order valence-corrected chi connectivity index (χ1v) is 50.9. The molecule has 0 atom stereocenters. The normalized spacial score (nSPS) is 12.1. The van der Waals surface area contributed by atoms with Gasteiger partial charge in [-0.2, -0.15) is 0 Å². The van der Waals surface area contributed by atoms with Crippen LogP contribution in [0.4, 0.5) is 119 Å². The van der Waals surface area contributed by atoms with Gasteiger partial charge in [-0.25, -0.2) is 0 Å². The summed E-state index contributed by atoms with van der Waals surface area (Å²) < 4.78 is 14.0. The van der Waals surface area contributed by atoms with Crippen molar-refractivity contribution in [2.24, 2.45) is 0 Å². The number of nitrogens with zero attached hydrogens (tertiary/aromatic N) is 7. The molecule has 0 saturated heterocycles. The average Bonchev–Trinajstić information content (AvgIpc) is 0.695. The van der Waals surface area contributed by atoms with Crippen LogP contribution < -0.4 is 76.5 Å². The van der Waals surface area contributed by atoms with Crippen LogP contribution in [0.25, 0.3) is 55.6 Å². The van der Waals surface area contributed by atoms with Crippen molar-refractivity contribution < 1.29 is 9.47 Å². The molecular formula is C138H97B2N7O2. The van der Waals surface area contributed by atoms with Gasteiger partial charge in [0.2, 0.25) is 0 Å². The summed E-state index contributed by atoms with van der Waals surface area (Å²) in [5.41, 5.74) is 41.1. The van der Waals surface area contributed by atoms with Crippen LogP contribution in [-0.2, 0) is 0 Å². The lowest BCUT2D eigenvalue weighted by Crippen LogP contribution is -2.61. The second-order valence-electron chi connectivity index (χ2n) is 37.8. The van der Waals surface area contributed by atoms with Gasteiger partial charge < -0.3 is 43.8 Å². The molecule has 4 aliphatic heterocycles. The highest BCUT2D eigenvalue weighted by Gasteiger charge is 2.47. The van der Waals surface area contributed by atoms with Gasteiger partial charge in [-0.1, -0.05) is 376 Å². The third-order valence-corrected chi connectivity index (χ3v) is 28.8. The second kappa shape index (κ2) is 39.6. The molecule has 0 bridgehead atoms. The van der Waals surface area contributed by atoms with Crippen LogP contribution in [0, 0.1) is 0 Å². The van der Waals surface area contributed by atoms with Crippen LogP contribution in [0.15, 0.2) is 588 Å². The lowest BCUT2D eigenvalue weighted by molar-refractivity contribution is 0.483. The summed E-state index contributed by atoms with van der Waals surface area (Å²) >= 11 is 0. The number of rotatable bonds is 22. The van der Waals surface area contributed by atoms with Crippen molar-refractivity contribution in [2.75, 3.05) is 34.3 Å². The average molecular weight is 1910 g/mol. The van der Waals surface area contributed by atoms with Gasteiger partial charge in [0.1, 0.15) is 23.0 Å². The molecule has 702 valence electrons. The topological polar surface area (TPSA) is 41.1 Å². The van der Waals surface area contributed by atoms with Crippen LogP contribution in [-0.4, -0.2) is 13.4 Å². The fourth-order valence-corrected chi connectivity index (χ4v) is 22.2. The lowest BCUT2D eigenvalue weighted by Gasteiger charge is -2.45. The first-order valence-electron chi connectivity index (χ1n) is 50.9. The number of ether oxygens (including phenoxy) is 2. The highest BCUT2D eigenvalue weighted by atomic mass is 16.5. The summed E-state index contributed by atoms with van der Waals surface area (Å²) in [7, 11) is 0. The number of fused-ring (bicyclic) bond motifs is 8. The van der Waals surface area contributed by atoms with E-state index >= 15 is 0 Å². The predicted molar refractivity (Wildman–Crippen MR) is 625 cm³/mol. The molecule has 4 heterocycles. The summed E-state index contributed by atoms with van der Waals surface area (Å²) in [6.07, 6.45) is 0. The Morgan fingerprint density at radius 2 is 0.329 bits per heavy atom. The van der Waals surface area contributed by atoms with Crippen molar-refractivity contribution in [3.8, 4) is 78.6 Å². The Labute approximate surface area is 870 Å². The van der Waals surface area contributed by atoms with Crippen LogP contribution in [0.2, 0.25) is 0 Å². The van der Waals surface area contributed by atoms with Crippen molar-refractivity contribution in [3.05, 3.63) is 588 Å². The van der Waals surface area contributed by atoms with E-state index in [1.165, 1.54) is 43.9 Å². The fraction of sp³-hybridized carbons (Fsp3) is 0. The van der Waals surface area contributed by atoms with Gasteiger partial charge in [-0.15, -0.1) is 0 Å². The predicted octanol–water partition coefficient (Wildman–Crippen LogP) is 33.9. The Balaban J connectivity index is 0.000000151. The van der Waals surface area contributed by atoms with E-state index in [-0.39, 0.29) is 13.4 Å². The van der Waals surface area contributed by atoms with Crippen molar-refractivity contribution in [1.29, 1.82) is 0 Å². The van der Waals surface area contributed by atoms with Gasteiger partial charge in [0.25, 0.3) is 13.4 Å². The number of hydrogen-bond donors (Lipinski definition) is 0. The summed E-state index contributed by atoms with van der Waals surface area (Å²) in [5.74, 6) is 3.01. The molecule has 0 amide bonds. The largest absolute Gasteiger partial charge is 0.457 e. The van der Waals surface area contributed by atoms with Gasteiger partial charge in [0, 0.05) is 144 Å². The SMILES string of the molecule is c1ccc(Oc2cc3c4c(c2)N(c2cccc(-c5ccccc5)c2)c2cc(N(c5ccccc5)c5ccccc5)ccc2B4c2ccc(-c4ccccc4)cc2N3c2cccc(-c3ccccc3)c2)cc1.c1ccc(Oc2cc3c4c(c2)N(c2cccc(-c5ccccc5)c2)c2cc(N(c5ccccc5)c5ccccc5)ccc2B4c2ccc(N(c4ccccc4)c4ccccc4)cc2N3c2cccc(-c3ccccc3)c2)cc1. The third kappa shape index (κ3) is 17.3. The van der Waals surface area contributed by atoms with E-state index in [1.54, 1.807) is 0 Å². The highest BCUT2D eigenvalue weighted by Crippen LogP contribution is 2.54.